The second-order valence-corrected chi connectivity index (χ2v) is 5.20. The molecule has 3 aromatic rings. The molecule has 1 unspecified atom stereocenters. The second kappa shape index (κ2) is 4.86. The standard InChI is InChI=1S/C16H15N3O2/c20-16-18-9-4-3-7-15(18)17-19(16)11-14-13-6-2-1-5-12(13)8-10-21-14/h1-7,9,14H,8,10-11H2. The lowest BCUT2D eigenvalue weighted by Gasteiger charge is -2.25. The van der Waals surface area contributed by atoms with E-state index in [4.69, 9.17) is 4.74 Å². The van der Waals surface area contributed by atoms with Crippen LogP contribution >= 0.6 is 0 Å². The molecule has 0 bridgehead atoms. The van der Waals surface area contributed by atoms with Gasteiger partial charge in [-0.3, -0.25) is 4.40 Å². The smallest absolute Gasteiger partial charge is 0.350 e. The predicted octanol–water partition coefficient (Wildman–Crippen LogP) is 1.81. The van der Waals surface area contributed by atoms with Crippen molar-refractivity contribution in [3.63, 3.8) is 0 Å². The van der Waals surface area contributed by atoms with Crippen molar-refractivity contribution in [1.82, 2.24) is 14.2 Å². The number of rotatable bonds is 2. The fourth-order valence-electron chi connectivity index (χ4n) is 2.87. The highest BCUT2D eigenvalue weighted by molar-refractivity contribution is 5.35. The summed E-state index contributed by atoms with van der Waals surface area (Å²) >= 11 is 0. The minimum atomic E-state index is -0.128. The number of nitrogens with zero attached hydrogens (tertiary/aromatic N) is 3. The Morgan fingerprint density at radius 1 is 1.19 bits per heavy atom. The number of aromatic nitrogens is 3. The Labute approximate surface area is 121 Å². The van der Waals surface area contributed by atoms with Crippen molar-refractivity contribution >= 4 is 5.65 Å². The van der Waals surface area contributed by atoms with Crippen LogP contribution in [-0.4, -0.2) is 20.8 Å². The number of fused-ring (bicyclic) bond motifs is 2. The van der Waals surface area contributed by atoms with E-state index in [0.717, 1.165) is 12.0 Å². The van der Waals surface area contributed by atoms with E-state index in [9.17, 15) is 4.79 Å². The first-order valence-corrected chi connectivity index (χ1v) is 7.06. The molecular formula is C16H15N3O2. The first-order valence-electron chi connectivity index (χ1n) is 7.06. The summed E-state index contributed by atoms with van der Waals surface area (Å²) in [5.41, 5.74) is 2.99. The number of pyridine rings is 1. The van der Waals surface area contributed by atoms with E-state index in [2.05, 4.69) is 17.2 Å². The summed E-state index contributed by atoms with van der Waals surface area (Å²) < 4.78 is 8.89. The SMILES string of the molecule is O=c1n(CC2OCCc3ccccc32)nc2ccccn12. The molecule has 1 aliphatic rings. The van der Waals surface area contributed by atoms with Gasteiger partial charge in [0.05, 0.1) is 13.2 Å². The van der Waals surface area contributed by atoms with Gasteiger partial charge in [0.25, 0.3) is 0 Å². The lowest BCUT2D eigenvalue weighted by atomic mass is 9.98. The molecule has 0 saturated heterocycles. The van der Waals surface area contributed by atoms with Gasteiger partial charge in [0.15, 0.2) is 5.65 Å². The minimum Gasteiger partial charge on any atom is -0.371 e. The van der Waals surface area contributed by atoms with Gasteiger partial charge in [-0.15, -0.1) is 5.10 Å². The quantitative estimate of drug-likeness (QED) is 0.720. The van der Waals surface area contributed by atoms with Gasteiger partial charge >= 0.3 is 5.69 Å². The molecule has 21 heavy (non-hydrogen) atoms. The van der Waals surface area contributed by atoms with Crippen molar-refractivity contribution in [2.45, 2.75) is 19.1 Å². The number of ether oxygens (including phenoxy) is 1. The molecule has 0 fully saturated rings. The molecule has 1 aliphatic heterocycles. The summed E-state index contributed by atoms with van der Waals surface area (Å²) in [5, 5.41) is 4.37. The second-order valence-electron chi connectivity index (χ2n) is 5.20. The number of hydrogen-bond acceptors (Lipinski definition) is 3. The van der Waals surface area contributed by atoms with Crippen LogP contribution in [0.1, 0.15) is 17.2 Å². The van der Waals surface area contributed by atoms with Gasteiger partial charge in [0.1, 0.15) is 6.10 Å². The summed E-state index contributed by atoms with van der Waals surface area (Å²) in [6.07, 6.45) is 2.54. The summed E-state index contributed by atoms with van der Waals surface area (Å²) in [6.45, 7) is 1.13. The summed E-state index contributed by atoms with van der Waals surface area (Å²) in [7, 11) is 0. The van der Waals surface area contributed by atoms with Crippen LogP contribution < -0.4 is 5.69 Å². The highest BCUT2D eigenvalue weighted by Crippen LogP contribution is 2.27. The molecule has 0 saturated carbocycles. The van der Waals surface area contributed by atoms with Crippen molar-refractivity contribution in [2.75, 3.05) is 6.61 Å². The van der Waals surface area contributed by atoms with Crippen molar-refractivity contribution in [1.29, 1.82) is 0 Å². The normalized spacial score (nSPS) is 17.8. The number of hydrogen-bond donors (Lipinski definition) is 0. The maximum atomic E-state index is 12.3. The van der Waals surface area contributed by atoms with Crippen molar-refractivity contribution in [3.05, 3.63) is 70.3 Å². The van der Waals surface area contributed by atoms with Crippen molar-refractivity contribution < 1.29 is 4.74 Å². The van der Waals surface area contributed by atoms with Crippen LogP contribution in [0.25, 0.3) is 5.65 Å². The monoisotopic (exact) mass is 281 g/mol. The van der Waals surface area contributed by atoms with Gasteiger partial charge in [0.2, 0.25) is 0 Å². The van der Waals surface area contributed by atoms with Gasteiger partial charge in [-0.05, 0) is 29.7 Å². The largest absolute Gasteiger partial charge is 0.371 e. The van der Waals surface area contributed by atoms with Gasteiger partial charge in [-0.1, -0.05) is 30.3 Å². The Morgan fingerprint density at radius 2 is 2.05 bits per heavy atom. The van der Waals surface area contributed by atoms with Gasteiger partial charge in [0, 0.05) is 6.20 Å². The van der Waals surface area contributed by atoms with E-state index >= 15 is 0 Å². The molecule has 0 aliphatic carbocycles. The molecule has 2 aromatic heterocycles. The molecule has 3 heterocycles. The van der Waals surface area contributed by atoms with Crippen LogP contribution in [0.5, 0.6) is 0 Å². The first-order chi connectivity index (χ1) is 10.3. The Kier molecular flexibility index (Phi) is 2.86. The predicted molar refractivity (Wildman–Crippen MR) is 78.3 cm³/mol. The minimum absolute atomic E-state index is 0.113. The maximum Gasteiger partial charge on any atom is 0.350 e. The van der Waals surface area contributed by atoms with Crippen LogP contribution in [0, 0.1) is 0 Å². The lowest BCUT2D eigenvalue weighted by molar-refractivity contribution is 0.0276. The molecule has 5 nitrogen and oxygen atoms in total. The van der Waals surface area contributed by atoms with Crippen molar-refractivity contribution in [2.24, 2.45) is 0 Å². The van der Waals surface area contributed by atoms with Gasteiger partial charge < -0.3 is 4.74 Å². The zero-order valence-corrected chi connectivity index (χ0v) is 11.5. The fourth-order valence-corrected chi connectivity index (χ4v) is 2.87. The third kappa shape index (κ3) is 2.06. The first kappa shape index (κ1) is 12.3. The molecule has 1 atom stereocenters. The Morgan fingerprint density at radius 3 is 2.95 bits per heavy atom. The highest BCUT2D eigenvalue weighted by atomic mass is 16.5. The zero-order valence-electron chi connectivity index (χ0n) is 11.5. The molecular weight excluding hydrogens is 266 g/mol. The Balaban J connectivity index is 1.73. The van der Waals surface area contributed by atoms with Crippen LogP contribution in [0.4, 0.5) is 0 Å². The van der Waals surface area contributed by atoms with Crippen LogP contribution in [0.2, 0.25) is 0 Å². The molecule has 0 amide bonds. The van der Waals surface area contributed by atoms with E-state index in [-0.39, 0.29) is 11.8 Å². The maximum absolute atomic E-state index is 12.3. The zero-order chi connectivity index (χ0) is 14.2. The average molecular weight is 281 g/mol. The molecule has 0 N–H and O–H groups in total. The summed E-state index contributed by atoms with van der Waals surface area (Å²) in [5.74, 6) is 0. The Hall–Kier alpha value is -2.40. The molecule has 1 aromatic carbocycles. The van der Waals surface area contributed by atoms with Crippen molar-refractivity contribution in [3.8, 4) is 0 Å². The van der Waals surface area contributed by atoms with Crippen LogP contribution in [0.15, 0.2) is 53.5 Å². The lowest BCUT2D eigenvalue weighted by Crippen LogP contribution is -2.27. The fraction of sp³-hybridized carbons (Fsp3) is 0.250. The summed E-state index contributed by atoms with van der Waals surface area (Å²) in [6, 6.07) is 13.8. The van der Waals surface area contributed by atoms with Crippen LogP contribution in [0.3, 0.4) is 0 Å². The molecule has 0 radical (unpaired) electrons. The van der Waals surface area contributed by atoms with E-state index < -0.39 is 0 Å². The van der Waals surface area contributed by atoms with E-state index in [1.54, 1.807) is 10.6 Å². The Bertz CT molecular complexity index is 850. The highest BCUT2D eigenvalue weighted by Gasteiger charge is 2.22. The molecule has 4 rings (SSSR count). The van der Waals surface area contributed by atoms with E-state index in [1.165, 1.54) is 10.2 Å². The third-order valence-electron chi connectivity index (χ3n) is 3.92. The average Bonchev–Trinajstić information content (AvgIpc) is 2.85. The van der Waals surface area contributed by atoms with Crippen LogP contribution in [-0.2, 0) is 17.7 Å². The number of benzene rings is 1. The third-order valence-corrected chi connectivity index (χ3v) is 3.92. The topological polar surface area (TPSA) is 48.5 Å². The summed E-state index contributed by atoms with van der Waals surface area (Å²) in [4.78, 5) is 12.3. The van der Waals surface area contributed by atoms with Gasteiger partial charge in [-0.2, -0.15) is 0 Å². The molecule has 106 valence electrons. The molecule has 5 heteroatoms. The van der Waals surface area contributed by atoms with Gasteiger partial charge in [-0.25, -0.2) is 9.48 Å². The van der Waals surface area contributed by atoms with E-state index in [1.807, 2.05) is 30.3 Å². The molecule has 0 spiro atoms. The van der Waals surface area contributed by atoms with E-state index in [0.29, 0.717) is 18.8 Å².